The summed E-state index contributed by atoms with van der Waals surface area (Å²) in [5.74, 6) is 0.340. The molecule has 0 unspecified atom stereocenters. The fourth-order valence-electron chi connectivity index (χ4n) is 1.54. The summed E-state index contributed by atoms with van der Waals surface area (Å²) < 4.78 is 36.9. The van der Waals surface area contributed by atoms with Crippen LogP contribution in [-0.2, 0) is 14.8 Å². The van der Waals surface area contributed by atoms with Crippen molar-refractivity contribution in [2.75, 3.05) is 32.6 Å². The lowest BCUT2D eigenvalue weighted by Crippen LogP contribution is -2.27. The van der Waals surface area contributed by atoms with Crippen LogP contribution in [0.3, 0.4) is 0 Å². The van der Waals surface area contributed by atoms with Gasteiger partial charge in [-0.3, -0.25) is 0 Å². The van der Waals surface area contributed by atoms with Crippen molar-refractivity contribution < 1.29 is 17.9 Å². The topological polar surface area (TPSA) is 90.7 Å². The lowest BCUT2D eigenvalue weighted by Gasteiger charge is -2.10. The summed E-state index contributed by atoms with van der Waals surface area (Å²) >= 11 is 0. The van der Waals surface area contributed by atoms with Crippen LogP contribution >= 0.6 is 0 Å². The third-order valence-corrected chi connectivity index (χ3v) is 4.15. The Morgan fingerprint density at radius 3 is 2.70 bits per heavy atom. The van der Waals surface area contributed by atoms with Crippen molar-refractivity contribution >= 4 is 15.7 Å². The van der Waals surface area contributed by atoms with Crippen LogP contribution in [0.2, 0.25) is 0 Å². The maximum absolute atomic E-state index is 12.0. The van der Waals surface area contributed by atoms with Gasteiger partial charge < -0.3 is 15.2 Å². The minimum atomic E-state index is -3.57. The SMILES string of the molecule is CCCCOCCNS(=O)(=O)c1ccc(N)c(OC)c1. The van der Waals surface area contributed by atoms with Crippen molar-refractivity contribution in [3.63, 3.8) is 0 Å². The zero-order chi connectivity index (χ0) is 15.0. The average molecular weight is 302 g/mol. The molecule has 6 nitrogen and oxygen atoms in total. The van der Waals surface area contributed by atoms with E-state index in [0.29, 0.717) is 24.7 Å². The highest BCUT2D eigenvalue weighted by atomic mass is 32.2. The summed E-state index contributed by atoms with van der Waals surface area (Å²) in [5, 5.41) is 0. The molecule has 1 aromatic carbocycles. The first kappa shape index (κ1) is 16.7. The van der Waals surface area contributed by atoms with Crippen LogP contribution in [0.5, 0.6) is 5.75 Å². The van der Waals surface area contributed by atoms with Crippen LogP contribution in [0, 0.1) is 0 Å². The van der Waals surface area contributed by atoms with Gasteiger partial charge in [0.05, 0.1) is 24.3 Å². The van der Waals surface area contributed by atoms with E-state index in [-0.39, 0.29) is 11.4 Å². The Morgan fingerprint density at radius 2 is 2.05 bits per heavy atom. The summed E-state index contributed by atoms with van der Waals surface area (Å²) in [6.07, 6.45) is 2.03. The fraction of sp³-hybridized carbons (Fsp3) is 0.538. The van der Waals surface area contributed by atoms with Crippen LogP contribution in [0.25, 0.3) is 0 Å². The van der Waals surface area contributed by atoms with Gasteiger partial charge in [-0.25, -0.2) is 13.1 Å². The second kappa shape index (κ2) is 8.08. The highest BCUT2D eigenvalue weighted by molar-refractivity contribution is 7.89. The number of benzene rings is 1. The summed E-state index contributed by atoms with van der Waals surface area (Å²) in [4.78, 5) is 0.122. The molecule has 0 radical (unpaired) electrons. The molecule has 1 aromatic rings. The summed E-state index contributed by atoms with van der Waals surface area (Å²) in [6.45, 7) is 3.30. The summed E-state index contributed by atoms with van der Waals surface area (Å²) in [7, 11) is -2.13. The molecule has 0 aromatic heterocycles. The number of sulfonamides is 1. The molecule has 0 fully saturated rings. The molecule has 114 valence electrons. The first-order valence-corrected chi connectivity index (χ1v) is 8.00. The maximum atomic E-state index is 12.0. The van der Waals surface area contributed by atoms with Gasteiger partial charge in [-0.15, -0.1) is 0 Å². The maximum Gasteiger partial charge on any atom is 0.240 e. The van der Waals surface area contributed by atoms with Crippen molar-refractivity contribution in [3.8, 4) is 5.75 Å². The number of ether oxygens (including phenoxy) is 2. The van der Waals surface area contributed by atoms with Crippen molar-refractivity contribution in [2.45, 2.75) is 24.7 Å². The lowest BCUT2D eigenvalue weighted by atomic mass is 10.3. The standard InChI is InChI=1S/C13H22N2O4S/c1-3-4-8-19-9-7-15-20(16,17)11-5-6-12(14)13(10-11)18-2/h5-6,10,15H,3-4,7-9,14H2,1-2H3. The second-order valence-electron chi connectivity index (χ2n) is 4.27. The normalized spacial score (nSPS) is 11.5. The number of nitrogens with two attached hydrogens (primary N) is 1. The Kier molecular flexibility index (Phi) is 6.77. The number of methoxy groups -OCH3 is 1. The molecular formula is C13H22N2O4S. The van der Waals surface area contributed by atoms with Crippen LogP contribution in [0.4, 0.5) is 5.69 Å². The summed E-state index contributed by atoms with van der Waals surface area (Å²) in [5.41, 5.74) is 6.05. The van der Waals surface area contributed by atoms with Gasteiger partial charge in [-0.1, -0.05) is 13.3 Å². The fourth-order valence-corrected chi connectivity index (χ4v) is 2.57. The minimum absolute atomic E-state index is 0.122. The third-order valence-electron chi connectivity index (χ3n) is 2.70. The van der Waals surface area contributed by atoms with Gasteiger partial charge in [0, 0.05) is 19.2 Å². The molecule has 3 N–H and O–H groups in total. The largest absolute Gasteiger partial charge is 0.495 e. The Morgan fingerprint density at radius 1 is 1.30 bits per heavy atom. The molecule has 20 heavy (non-hydrogen) atoms. The second-order valence-corrected chi connectivity index (χ2v) is 6.03. The van der Waals surface area contributed by atoms with E-state index in [1.807, 2.05) is 0 Å². The Bertz CT molecular complexity index is 517. The van der Waals surface area contributed by atoms with Gasteiger partial charge in [0.25, 0.3) is 0 Å². The third kappa shape index (κ3) is 4.99. The van der Waals surface area contributed by atoms with Gasteiger partial charge in [-0.05, 0) is 18.6 Å². The molecule has 0 heterocycles. The molecule has 7 heteroatoms. The van der Waals surface area contributed by atoms with Gasteiger partial charge in [0.15, 0.2) is 0 Å². The number of nitrogen functional groups attached to an aromatic ring is 1. The van der Waals surface area contributed by atoms with E-state index in [4.69, 9.17) is 15.2 Å². The zero-order valence-corrected chi connectivity index (χ0v) is 12.7. The number of hydrogen-bond acceptors (Lipinski definition) is 5. The van der Waals surface area contributed by atoms with Gasteiger partial charge in [0.1, 0.15) is 5.75 Å². The lowest BCUT2D eigenvalue weighted by molar-refractivity contribution is 0.136. The molecule has 0 aliphatic heterocycles. The predicted octanol–water partition coefficient (Wildman–Crippen LogP) is 1.37. The molecular weight excluding hydrogens is 280 g/mol. The number of hydrogen-bond donors (Lipinski definition) is 2. The Balaban J connectivity index is 2.56. The van der Waals surface area contributed by atoms with Crippen molar-refractivity contribution in [1.82, 2.24) is 4.72 Å². The molecule has 0 aliphatic carbocycles. The van der Waals surface area contributed by atoms with E-state index in [0.717, 1.165) is 12.8 Å². The van der Waals surface area contributed by atoms with E-state index in [1.165, 1.54) is 25.3 Å². The number of nitrogens with one attached hydrogen (secondary N) is 1. The first-order valence-electron chi connectivity index (χ1n) is 6.52. The zero-order valence-electron chi connectivity index (χ0n) is 11.9. The number of anilines is 1. The van der Waals surface area contributed by atoms with Crippen LogP contribution in [0.15, 0.2) is 23.1 Å². The molecule has 0 aliphatic rings. The van der Waals surface area contributed by atoms with Gasteiger partial charge in [0.2, 0.25) is 10.0 Å². The molecule has 0 spiro atoms. The van der Waals surface area contributed by atoms with Gasteiger partial charge in [-0.2, -0.15) is 0 Å². The first-order chi connectivity index (χ1) is 9.51. The van der Waals surface area contributed by atoms with Crippen LogP contribution in [-0.4, -0.2) is 35.3 Å². The quantitative estimate of drug-likeness (QED) is 0.531. The van der Waals surface area contributed by atoms with E-state index in [2.05, 4.69) is 11.6 Å². The Hall–Kier alpha value is -1.31. The van der Waals surface area contributed by atoms with Crippen molar-refractivity contribution in [3.05, 3.63) is 18.2 Å². The smallest absolute Gasteiger partial charge is 0.240 e. The van der Waals surface area contributed by atoms with E-state index in [1.54, 1.807) is 0 Å². The van der Waals surface area contributed by atoms with E-state index in [9.17, 15) is 8.42 Å². The highest BCUT2D eigenvalue weighted by Crippen LogP contribution is 2.24. The van der Waals surface area contributed by atoms with E-state index >= 15 is 0 Å². The average Bonchev–Trinajstić information content (AvgIpc) is 2.43. The van der Waals surface area contributed by atoms with Gasteiger partial charge >= 0.3 is 0 Å². The monoisotopic (exact) mass is 302 g/mol. The van der Waals surface area contributed by atoms with Crippen LogP contribution in [0.1, 0.15) is 19.8 Å². The summed E-state index contributed by atoms with van der Waals surface area (Å²) in [6, 6.07) is 4.35. The van der Waals surface area contributed by atoms with Crippen molar-refractivity contribution in [2.24, 2.45) is 0 Å². The molecule has 0 bridgehead atoms. The highest BCUT2D eigenvalue weighted by Gasteiger charge is 2.15. The Labute approximate surface area is 120 Å². The molecule has 0 saturated carbocycles. The van der Waals surface area contributed by atoms with E-state index < -0.39 is 10.0 Å². The minimum Gasteiger partial charge on any atom is -0.495 e. The molecule has 0 saturated heterocycles. The molecule has 1 rings (SSSR count). The van der Waals surface area contributed by atoms with Crippen molar-refractivity contribution in [1.29, 1.82) is 0 Å². The predicted molar refractivity (Wildman–Crippen MR) is 78.3 cm³/mol. The number of rotatable bonds is 9. The molecule has 0 amide bonds. The van der Waals surface area contributed by atoms with Crippen LogP contribution < -0.4 is 15.2 Å². The number of unbranched alkanes of at least 4 members (excludes halogenated alkanes) is 1. The molecule has 0 atom stereocenters.